The molecule has 0 radical (unpaired) electrons. The molecule has 0 saturated heterocycles. The summed E-state index contributed by atoms with van der Waals surface area (Å²) in [6, 6.07) is 0. The Labute approximate surface area is 348 Å². The second-order valence-electron chi connectivity index (χ2n) is 16.7. The molecule has 0 aliphatic carbocycles. The molecule has 0 heterocycles. The number of hydrogen-bond donors (Lipinski definition) is 0. The minimum atomic E-state index is -0.762. The molecule has 330 valence electrons. The van der Waals surface area contributed by atoms with Gasteiger partial charge >= 0.3 is 17.9 Å². The van der Waals surface area contributed by atoms with E-state index in [9.17, 15) is 14.4 Å². The van der Waals surface area contributed by atoms with Gasteiger partial charge in [-0.05, 0) is 44.9 Å². The second kappa shape index (κ2) is 45.8. The maximum atomic E-state index is 12.7. The molecular weight excluding hydrogens is 697 g/mol. The van der Waals surface area contributed by atoms with E-state index in [1.807, 2.05) is 0 Å². The van der Waals surface area contributed by atoms with Gasteiger partial charge in [0.1, 0.15) is 13.2 Å². The summed E-state index contributed by atoms with van der Waals surface area (Å²) in [5.41, 5.74) is 0. The largest absolute Gasteiger partial charge is 0.462 e. The van der Waals surface area contributed by atoms with E-state index < -0.39 is 6.10 Å². The molecule has 0 fully saturated rings. The molecule has 0 rings (SSSR count). The summed E-state index contributed by atoms with van der Waals surface area (Å²) in [5.74, 6) is -0.869. The van der Waals surface area contributed by atoms with Gasteiger partial charge in [0.05, 0.1) is 0 Å². The van der Waals surface area contributed by atoms with Gasteiger partial charge in [-0.1, -0.05) is 219 Å². The Morgan fingerprint density at radius 2 is 0.589 bits per heavy atom. The third-order valence-electron chi connectivity index (χ3n) is 11.0. The normalized spacial score (nSPS) is 12.0. The first kappa shape index (κ1) is 54.2. The Morgan fingerprint density at radius 3 is 0.893 bits per heavy atom. The summed E-state index contributed by atoms with van der Waals surface area (Å²) in [6.07, 6.45) is 49.3. The SMILES string of the molecule is CCCCCCCCC/C=C\CCCCCCCCCC(=O)OCC(COC(=O)CCCCCCCC)OC(=O)CCCCCCCCCCCCCCCC. The molecule has 0 aliphatic heterocycles. The van der Waals surface area contributed by atoms with Gasteiger partial charge in [0, 0.05) is 19.3 Å². The molecule has 0 aliphatic rings. The van der Waals surface area contributed by atoms with Crippen molar-refractivity contribution in [3.05, 3.63) is 12.2 Å². The summed E-state index contributed by atoms with van der Waals surface area (Å²) in [6.45, 7) is 6.60. The molecule has 0 aromatic heterocycles. The molecule has 0 bridgehead atoms. The first-order valence-corrected chi connectivity index (χ1v) is 24.7. The van der Waals surface area contributed by atoms with Gasteiger partial charge in [-0.25, -0.2) is 0 Å². The van der Waals surface area contributed by atoms with E-state index in [0.29, 0.717) is 19.3 Å². The lowest BCUT2D eigenvalue weighted by molar-refractivity contribution is -0.167. The third kappa shape index (κ3) is 43.3. The van der Waals surface area contributed by atoms with E-state index in [1.165, 1.54) is 173 Å². The molecule has 6 heteroatoms. The molecule has 56 heavy (non-hydrogen) atoms. The van der Waals surface area contributed by atoms with Crippen molar-refractivity contribution in [2.45, 2.75) is 277 Å². The highest BCUT2D eigenvalue weighted by Crippen LogP contribution is 2.16. The van der Waals surface area contributed by atoms with Gasteiger partial charge < -0.3 is 14.2 Å². The van der Waals surface area contributed by atoms with Crippen LogP contribution in [0.2, 0.25) is 0 Å². The van der Waals surface area contributed by atoms with Crippen LogP contribution in [0.3, 0.4) is 0 Å². The molecule has 0 spiro atoms. The van der Waals surface area contributed by atoms with E-state index in [2.05, 4.69) is 32.9 Å². The van der Waals surface area contributed by atoms with Crippen LogP contribution in [0.25, 0.3) is 0 Å². The van der Waals surface area contributed by atoms with E-state index in [-0.39, 0.29) is 31.1 Å². The fourth-order valence-electron chi connectivity index (χ4n) is 7.26. The molecule has 0 amide bonds. The minimum absolute atomic E-state index is 0.0680. The number of esters is 3. The van der Waals surface area contributed by atoms with Crippen molar-refractivity contribution in [2.24, 2.45) is 0 Å². The van der Waals surface area contributed by atoms with Gasteiger partial charge in [0.15, 0.2) is 6.10 Å². The zero-order valence-electron chi connectivity index (χ0n) is 37.7. The third-order valence-corrected chi connectivity index (χ3v) is 11.0. The van der Waals surface area contributed by atoms with E-state index in [4.69, 9.17) is 14.2 Å². The lowest BCUT2D eigenvalue weighted by Crippen LogP contribution is -2.30. The summed E-state index contributed by atoms with van der Waals surface area (Å²) >= 11 is 0. The monoisotopic (exact) mass is 791 g/mol. The standard InChI is InChI=1S/C50H94O6/c1-4-7-10-13-16-18-20-22-24-25-26-27-29-30-32-34-37-40-43-49(52)55-46-47(45-54-48(51)42-39-36-15-12-9-6-3)56-50(53)44-41-38-35-33-31-28-23-21-19-17-14-11-8-5-2/h24-25,47H,4-23,26-46H2,1-3H3/b25-24-. The zero-order valence-corrected chi connectivity index (χ0v) is 37.7. The molecule has 0 aromatic carbocycles. The van der Waals surface area contributed by atoms with Gasteiger partial charge in [0.25, 0.3) is 0 Å². The first-order chi connectivity index (χ1) is 27.5. The molecule has 0 N–H and O–H groups in total. The number of ether oxygens (including phenoxy) is 3. The van der Waals surface area contributed by atoms with Crippen molar-refractivity contribution < 1.29 is 28.6 Å². The summed E-state index contributed by atoms with van der Waals surface area (Å²) in [7, 11) is 0. The van der Waals surface area contributed by atoms with Crippen LogP contribution in [-0.4, -0.2) is 37.2 Å². The number of hydrogen-bond acceptors (Lipinski definition) is 6. The average Bonchev–Trinajstić information content (AvgIpc) is 3.19. The number of allylic oxidation sites excluding steroid dienone is 2. The van der Waals surface area contributed by atoms with Crippen LogP contribution >= 0.6 is 0 Å². The van der Waals surface area contributed by atoms with Gasteiger partial charge in [-0.2, -0.15) is 0 Å². The molecule has 6 nitrogen and oxygen atoms in total. The maximum Gasteiger partial charge on any atom is 0.306 e. The van der Waals surface area contributed by atoms with Crippen LogP contribution in [0, 0.1) is 0 Å². The lowest BCUT2D eigenvalue weighted by Gasteiger charge is -2.18. The zero-order chi connectivity index (χ0) is 40.8. The van der Waals surface area contributed by atoms with Crippen LogP contribution in [0.4, 0.5) is 0 Å². The highest BCUT2D eigenvalue weighted by Gasteiger charge is 2.19. The Bertz CT molecular complexity index is 870. The van der Waals surface area contributed by atoms with Crippen molar-refractivity contribution in [1.29, 1.82) is 0 Å². The van der Waals surface area contributed by atoms with Crippen LogP contribution < -0.4 is 0 Å². The fraction of sp³-hybridized carbons (Fsp3) is 0.900. The number of rotatable bonds is 45. The van der Waals surface area contributed by atoms with Crippen LogP contribution in [-0.2, 0) is 28.6 Å². The molecule has 0 aromatic rings. The predicted molar refractivity (Wildman–Crippen MR) is 238 cm³/mol. The number of carbonyl (C=O) groups is 3. The smallest absolute Gasteiger partial charge is 0.306 e. The van der Waals surface area contributed by atoms with Crippen LogP contribution in [0.1, 0.15) is 271 Å². The predicted octanol–water partition coefficient (Wildman–Crippen LogP) is 15.8. The topological polar surface area (TPSA) is 78.9 Å². The van der Waals surface area contributed by atoms with Crippen LogP contribution in [0.15, 0.2) is 12.2 Å². The molecule has 0 saturated carbocycles. The van der Waals surface area contributed by atoms with E-state index >= 15 is 0 Å². The number of unbranched alkanes of at least 4 members (excludes halogenated alkanes) is 32. The maximum absolute atomic E-state index is 12.7. The first-order valence-electron chi connectivity index (χ1n) is 24.7. The highest BCUT2D eigenvalue weighted by atomic mass is 16.6. The Kier molecular flexibility index (Phi) is 44.3. The Balaban J connectivity index is 4.19. The quantitative estimate of drug-likeness (QED) is 0.0264. The summed E-state index contributed by atoms with van der Waals surface area (Å²) in [5, 5.41) is 0. The Hall–Kier alpha value is -1.85. The van der Waals surface area contributed by atoms with Crippen molar-refractivity contribution >= 4 is 17.9 Å². The Morgan fingerprint density at radius 1 is 0.339 bits per heavy atom. The molecular formula is C50H94O6. The van der Waals surface area contributed by atoms with Crippen molar-refractivity contribution in [2.75, 3.05) is 13.2 Å². The average molecular weight is 791 g/mol. The minimum Gasteiger partial charge on any atom is -0.462 e. The summed E-state index contributed by atoms with van der Waals surface area (Å²) in [4.78, 5) is 37.6. The van der Waals surface area contributed by atoms with Gasteiger partial charge in [0.2, 0.25) is 0 Å². The van der Waals surface area contributed by atoms with Gasteiger partial charge in [-0.3, -0.25) is 14.4 Å². The van der Waals surface area contributed by atoms with Gasteiger partial charge in [-0.15, -0.1) is 0 Å². The second-order valence-corrected chi connectivity index (χ2v) is 16.7. The lowest BCUT2D eigenvalue weighted by atomic mass is 10.0. The molecule has 1 atom stereocenters. The fourth-order valence-corrected chi connectivity index (χ4v) is 7.26. The van der Waals surface area contributed by atoms with Crippen molar-refractivity contribution in [3.63, 3.8) is 0 Å². The van der Waals surface area contributed by atoms with E-state index in [0.717, 1.165) is 57.8 Å². The summed E-state index contributed by atoms with van der Waals surface area (Å²) < 4.78 is 16.7. The van der Waals surface area contributed by atoms with E-state index in [1.54, 1.807) is 0 Å². The molecule has 1 unspecified atom stereocenters. The van der Waals surface area contributed by atoms with Crippen molar-refractivity contribution in [3.8, 4) is 0 Å². The van der Waals surface area contributed by atoms with Crippen LogP contribution in [0.5, 0.6) is 0 Å². The highest BCUT2D eigenvalue weighted by molar-refractivity contribution is 5.71. The number of carbonyl (C=O) groups excluding carboxylic acids is 3. The van der Waals surface area contributed by atoms with Crippen molar-refractivity contribution in [1.82, 2.24) is 0 Å².